The maximum Gasteiger partial charge on any atom is 0.259 e. The number of hydrogen-bond acceptors (Lipinski definition) is 7. The van der Waals surface area contributed by atoms with Gasteiger partial charge in [-0.3, -0.25) is 9.59 Å². The number of carbonyl (C=O) groups is 2. The topological polar surface area (TPSA) is 106 Å². The molecule has 8 nitrogen and oxygen atoms in total. The standard InChI is InChI=1S/C22H20N4O4S/c1-12-6-7-17(29-3)15(9-12)24-19(27)11-23-21(28)14-10-16(18-5-4-8-31-18)25-22-20(14)13(2)26-30-22/h4-10H,11H2,1-3H3,(H,23,28)(H,24,27). The molecule has 0 atom stereocenters. The summed E-state index contributed by atoms with van der Waals surface area (Å²) in [5.74, 6) is -0.243. The van der Waals surface area contributed by atoms with Crippen molar-refractivity contribution in [3.63, 3.8) is 0 Å². The highest BCUT2D eigenvalue weighted by Gasteiger charge is 2.20. The first-order chi connectivity index (χ1) is 15.0. The maximum absolute atomic E-state index is 13.0. The van der Waals surface area contributed by atoms with Gasteiger partial charge in [-0.25, -0.2) is 4.98 Å². The van der Waals surface area contributed by atoms with Crippen molar-refractivity contribution >= 4 is 39.9 Å². The van der Waals surface area contributed by atoms with Gasteiger partial charge >= 0.3 is 0 Å². The van der Waals surface area contributed by atoms with Gasteiger partial charge in [0.15, 0.2) is 0 Å². The molecular weight excluding hydrogens is 416 g/mol. The first-order valence-electron chi connectivity index (χ1n) is 9.50. The van der Waals surface area contributed by atoms with E-state index in [9.17, 15) is 9.59 Å². The van der Waals surface area contributed by atoms with Crippen LogP contribution in [0.25, 0.3) is 21.7 Å². The Bertz CT molecular complexity index is 1260. The minimum absolute atomic E-state index is 0.210. The van der Waals surface area contributed by atoms with Crippen LogP contribution in [0.5, 0.6) is 5.75 Å². The quantitative estimate of drug-likeness (QED) is 0.474. The Balaban J connectivity index is 1.54. The van der Waals surface area contributed by atoms with Crippen molar-refractivity contribution in [1.29, 1.82) is 0 Å². The van der Waals surface area contributed by atoms with Gasteiger partial charge < -0.3 is 19.9 Å². The highest BCUT2D eigenvalue weighted by Crippen LogP contribution is 2.29. The van der Waals surface area contributed by atoms with E-state index < -0.39 is 5.91 Å². The van der Waals surface area contributed by atoms with Crippen molar-refractivity contribution in [2.75, 3.05) is 19.0 Å². The second kappa shape index (κ2) is 8.57. The molecule has 2 N–H and O–H groups in total. The number of carbonyl (C=O) groups excluding carboxylic acids is 2. The largest absolute Gasteiger partial charge is 0.495 e. The number of nitrogens with one attached hydrogen (secondary N) is 2. The number of amides is 2. The van der Waals surface area contributed by atoms with Gasteiger partial charge in [-0.05, 0) is 49.1 Å². The lowest BCUT2D eigenvalue weighted by molar-refractivity contribution is -0.115. The van der Waals surface area contributed by atoms with Crippen LogP contribution < -0.4 is 15.4 Å². The van der Waals surface area contributed by atoms with Gasteiger partial charge in [0.2, 0.25) is 5.91 Å². The molecule has 9 heteroatoms. The van der Waals surface area contributed by atoms with Gasteiger partial charge in [-0.1, -0.05) is 17.3 Å². The molecule has 4 aromatic rings. The van der Waals surface area contributed by atoms with Crippen LogP contribution in [0, 0.1) is 13.8 Å². The normalized spacial score (nSPS) is 10.8. The molecule has 1 aromatic carbocycles. The summed E-state index contributed by atoms with van der Waals surface area (Å²) in [6, 6.07) is 11.0. The molecular formula is C22H20N4O4S. The summed E-state index contributed by atoms with van der Waals surface area (Å²) in [5.41, 5.74) is 3.32. The van der Waals surface area contributed by atoms with Crippen LogP contribution in [0.3, 0.4) is 0 Å². The van der Waals surface area contributed by atoms with Gasteiger partial charge in [0, 0.05) is 0 Å². The fourth-order valence-electron chi connectivity index (χ4n) is 3.19. The molecule has 0 spiro atoms. The Morgan fingerprint density at radius 3 is 2.77 bits per heavy atom. The first-order valence-corrected chi connectivity index (χ1v) is 10.4. The van der Waals surface area contributed by atoms with Crippen molar-refractivity contribution in [3.8, 4) is 16.3 Å². The third-order valence-corrected chi connectivity index (χ3v) is 5.57. The summed E-state index contributed by atoms with van der Waals surface area (Å²) in [6.07, 6.45) is 0. The van der Waals surface area contributed by atoms with Gasteiger partial charge in [0.25, 0.3) is 11.6 Å². The molecule has 0 radical (unpaired) electrons. The molecule has 0 aliphatic rings. The second-order valence-electron chi connectivity index (χ2n) is 6.92. The molecule has 0 fully saturated rings. The van der Waals surface area contributed by atoms with E-state index in [1.165, 1.54) is 18.4 Å². The van der Waals surface area contributed by atoms with E-state index in [0.29, 0.717) is 33.8 Å². The van der Waals surface area contributed by atoms with Crippen molar-refractivity contribution in [3.05, 3.63) is 58.6 Å². The number of rotatable bonds is 6. The zero-order valence-corrected chi connectivity index (χ0v) is 18.0. The van der Waals surface area contributed by atoms with Crippen LogP contribution in [0.2, 0.25) is 0 Å². The second-order valence-corrected chi connectivity index (χ2v) is 7.86. The van der Waals surface area contributed by atoms with E-state index in [1.807, 2.05) is 30.5 Å². The Labute approximate surface area is 182 Å². The zero-order chi connectivity index (χ0) is 22.0. The molecule has 2 amide bonds. The Kier molecular flexibility index (Phi) is 5.68. The molecule has 4 rings (SSSR count). The summed E-state index contributed by atoms with van der Waals surface area (Å²) in [7, 11) is 1.53. The van der Waals surface area contributed by atoms with E-state index in [1.54, 1.807) is 25.1 Å². The minimum atomic E-state index is -0.414. The summed E-state index contributed by atoms with van der Waals surface area (Å²) in [5, 5.41) is 11.8. The Morgan fingerprint density at radius 1 is 1.19 bits per heavy atom. The fraction of sp³-hybridized carbons (Fsp3) is 0.182. The van der Waals surface area contributed by atoms with E-state index in [2.05, 4.69) is 20.8 Å². The van der Waals surface area contributed by atoms with Crippen molar-refractivity contribution < 1.29 is 18.8 Å². The average molecular weight is 436 g/mol. The minimum Gasteiger partial charge on any atom is -0.495 e. The third-order valence-electron chi connectivity index (χ3n) is 4.67. The van der Waals surface area contributed by atoms with Crippen LogP contribution in [0.15, 0.2) is 46.3 Å². The fourth-order valence-corrected chi connectivity index (χ4v) is 3.88. The van der Waals surface area contributed by atoms with Gasteiger partial charge in [0.05, 0.1) is 46.6 Å². The number of aryl methyl sites for hydroxylation is 2. The predicted octanol–water partition coefficient (Wildman–Crippen LogP) is 3.95. The first kappa shape index (κ1) is 20.5. The van der Waals surface area contributed by atoms with Crippen LogP contribution in [-0.2, 0) is 4.79 Å². The lowest BCUT2D eigenvalue weighted by atomic mass is 10.1. The van der Waals surface area contributed by atoms with E-state index in [4.69, 9.17) is 9.26 Å². The summed E-state index contributed by atoms with van der Waals surface area (Å²) in [6.45, 7) is 3.45. The maximum atomic E-state index is 13.0. The molecule has 0 aliphatic carbocycles. The molecule has 0 saturated carbocycles. The number of benzene rings is 1. The van der Waals surface area contributed by atoms with Gasteiger partial charge in [-0.15, -0.1) is 11.3 Å². The van der Waals surface area contributed by atoms with E-state index >= 15 is 0 Å². The zero-order valence-electron chi connectivity index (χ0n) is 17.2. The number of fused-ring (bicyclic) bond motifs is 1. The number of methoxy groups -OCH3 is 1. The van der Waals surface area contributed by atoms with Crippen LogP contribution in [-0.4, -0.2) is 35.6 Å². The van der Waals surface area contributed by atoms with Crippen LogP contribution >= 0.6 is 11.3 Å². The number of nitrogens with zero attached hydrogens (tertiary/aromatic N) is 2. The number of aromatic nitrogens is 2. The molecule has 0 saturated heterocycles. The summed E-state index contributed by atoms with van der Waals surface area (Å²) in [4.78, 5) is 30.8. The smallest absolute Gasteiger partial charge is 0.259 e. The average Bonchev–Trinajstić information content (AvgIpc) is 3.42. The Hall–Kier alpha value is -3.72. The van der Waals surface area contributed by atoms with Gasteiger partial charge in [0.1, 0.15) is 5.75 Å². The SMILES string of the molecule is COc1ccc(C)cc1NC(=O)CNC(=O)c1cc(-c2cccs2)nc2onc(C)c12. The van der Waals surface area contributed by atoms with Crippen LogP contribution in [0.4, 0.5) is 5.69 Å². The monoisotopic (exact) mass is 436 g/mol. The van der Waals surface area contributed by atoms with E-state index in [-0.39, 0.29) is 18.2 Å². The van der Waals surface area contributed by atoms with Crippen molar-refractivity contribution in [2.24, 2.45) is 0 Å². The van der Waals surface area contributed by atoms with Gasteiger partial charge in [-0.2, -0.15) is 0 Å². The van der Waals surface area contributed by atoms with Crippen LogP contribution in [0.1, 0.15) is 21.6 Å². The number of hydrogen-bond donors (Lipinski definition) is 2. The number of thiophene rings is 1. The molecule has 0 unspecified atom stereocenters. The molecule has 158 valence electrons. The predicted molar refractivity (Wildman–Crippen MR) is 119 cm³/mol. The lowest BCUT2D eigenvalue weighted by Gasteiger charge is -2.12. The third kappa shape index (κ3) is 4.26. The Morgan fingerprint density at radius 2 is 2.03 bits per heavy atom. The van der Waals surface area contributed by atoms with Crippen molar-refractivity contribution in [2.45, 2.75) is 13.8 Å². The highest BCUT2D eigenvalue weighted by atomic mass is 32.1. The molecule has 3 aromatic heterocycles. The number of anilines is 1. The lowest BCUT2D eigenvalue weighted by Crippen LogP contribution is -2.33. The molecule has 3 heterocycles. The molecule has 31 heavy (non-hydrogen) atoms. The summed E-state index contributed by atoms with van der Waals surface area (Å²) < 4.78 is 10.6. The highest BCUT2D eigenvalue weighted by molar-refractivity contribution is 7.13. The summed E-state index contributed by atoms with van der Waals surface area (Å²) >= 11 is 1.50. The van der Waals surface area contributed by atoms with Crippen molar-refractivity contribution in [1.82, 2.24) is 15.5 Å². The molecule has 0 aliphatic heterocycles. The number of pyridine rings is 1. The van der Waals surface area contributed by atoms with E-state index in [0.717, 1.165) is 10.4 Å². The number of ether oxygens (including phenoxy) is 1. The molecule has 0 bridgehead atoms.